The van der Waals surface area contributed by atoms with E-state index in [0.717, 1.165) is 34.5 Å². The van der Waals surface area contributed by atoms with Gasteiger partial charge in [-0.2, -0.15) is 0 Å². The average Bonchev–Trinajstić information content (AvgIpc) is 3.03. The van der Waals surface area contributed by atoms with Gasteiger partial charge in [0.2, 0.25) is 0 Å². The number of hydrazone groups is 1. The van der Waals surface area contributed by atoms with Crippen molar-refractivity contribution in [3.63, 3.8) is 0 Å². The van der Waals surface area contributed by atoms with E-state index in [4.69, 9.17) is 4.74 Å². The summed E-state index contributed by atoms with van der Waals surface area (Å²) in [4.78, 5) is 6.83. The standard InChI is InChI=1S/C15H17N3OSSe/c1-19-13-4-2-11(3-5-13)14-10-21-15(16-14)18-17-12-6-8-20-9-7-12/h2-5,10H,6-9H2,1H3,(H,16,18). The number of hydrogen-bond donors (Lipinski definition) is 1. The van der Waals surface area contributed by atoms with Crippen LogP contribution in [0.3, 0.4) is 0 Å². The van der Waals surface area contributed by atoms with E-state index < -0.39 is 0 Å². The molecule has 2 heterocycles. The first-order valence-electron chi connectivity index (χ1n) is 6.84. The first-order valence-corrected chi connectivity index (χ1v) is 9.84. The molecular weight excluding hydrogens is 349 g/mol. The molecule has 1 fully saturated rings. The molecule has 21 heavy (non-hydrogen) atoms. The van der Waals surface area contributed by atoms with Gasteiger partial charge in [-0.1, -0.05) is 0 Å². The molecule has 3 rings (SSSR count). The summed E-state index contributed by atoms with van der Waals surface area (Å²) < 4.78 is 6.16. The number of nitrogens with zero attached hydrogens (tertiary/aromatic N) is 2. The predicted octanol–water partition coefficient (Wildman–Crippen LogP) is 3.11. The van der Waals surface area contributed by atoms with Gasteiger partial charge in [0.1, 0.15) is 0 Å². The SMILES string of the molecule is COc1ccc(-c2c[se]c(NN=C3CCSCC3)n2)cc1. The average molecular weight is 366 g/mol. The van der Waals surface area contributed by atoms with E-state index in [0.29, 0.717) is 0 Å². The van der Waals surface area contributed by atoms with Crippen LogP contribution in [0.4, 0.5) is 4.69 Å². The minimum absolute atomic E-state index is 0.239. The quantitative estimate of drug-likeness (QED) is 0.667. The second kappa shape index (κ2) is 7.16. The number of aromatic nitrogens is 1. The maximum absolute atomic E-state index is 5.18. The number of benzene rings is 1. The summed E-state index contributed by atoms with van der Waals surface area (Å²) >= 11 is 2.24. The van der Waals surface area contributed by atoms with Gasteiger partial charge in [-0.05, 0) is 0 Å². The molecule has 110 valence electrons. The van der Waals surface area contributed by atoms with E-state index >= 15 is 0 Å². The topological polar surface area (TPSA) is 46.5 Å². The van der Waals surface area contributed by atoms with Gasteiger partial charge < -0.3 is 0 Å². The normalized spacial score (nSPS) is 14.8. The summed E-state index contributed by atoms with van der Waals surface area (Å²) in [7, 11) is 1.68. The molecule has 0 saturated carbocycles. The molecule has 0 spiro atoms. The zero-order valence-corrected chi connectivity index (χ0v) is 14.4. The third kappa shape index (κ3) is 3.90. The molecule has 0 unspecified atom stereocenters. The van der Waals surface area contributed by atoms with E-state index in [2.05, 4.69) is 20.5 Å². The van der Waals surface area contributed by atoms with Crippen LogP contribution in [0, 0.1) is 0 Å². The number of nitrogens with one attached hydrogen (secondary N) is 1. The van der Waals surface area contributed by atoms with Gasteiger partial charge in [-0.25, -0.2) is 0 Å². The van der Waals surface area contributed by atoms with E-state index in [1.807, 2.05) is 36.0 Å². The van der Waals surface area contributed by atoms with Crippen LogP contribution in [0.5, 0.6) is 5.75 Å². The fourth-order valence-corrected chi connectivity index (χ4v) is 4.42. The summed E-state index contributed by atoms with van der Waals surface area (Å²) in [5.74, 6) is 3.24. The van der Waals surface area contributed by atoms with Crippen molar-refractivity contribution in [3.05, 3.63) is 29.2 Å². The molecule has 1 aliphatic heterocycles. The third-order valence-electron chi connectivity index (χ3n) is 3.27. The van der Waals surface area contributed by atoms with E-state index in [1.165, 1.54) is 17.2 Å². The van der Waals surface area contributed by atoms with Crippen molar-refractivity contribution in [1.29, 1.82) is 0 Å². The van der Waals surface area contributed by atoms with E-state index in [9.17, 15) is 0 Å². The summed E-state index contributed by atoms with van der Waals surface area (Å²) in [6.07, 6.45) is 2.19. The van der Waals surface area contributed by atoms with Gasteiger partial charge in [0.05, 0.1) is 0 Å². The number of anilines is 1. The first-order chi connectivity index (χ1) is 10.3. The Bertz CT molecular complexity index is 616. The molecule has 1 aromatic carbocycles. The molecule has 2 aromatic rings. The molecule has 1 saturated heterocycles. The monoisotopic (exact) mass is 367 g/mol. The van der Waals surface area contributed by atoms with Crippen LogP contribution in [-0.4, -0.2) is 43.8 Å². The molecule has 0 bridgehead atoms. The maximum atomic E-state index is 5.18. The fraction of sp³-hybridized carbons (Fsp3) is 0.333. The molecular formula is C15H17N3OSSe. The van der Waals surface area contributed by atoms with Gasteiger partial charge in [0.15, 0.2) is 0 Å². The fourth-order valence-electron chi connectivity index (χ4n) is 2.07. The Kier molecular flexibility index (Phi) is 5.01. The van der Waals surface area contributed by atoms with Crippen molar-refractivity contribution in [2.75, 3.05) is 24.0 Å². The molecule has 1 aromatic heterocycles. The van der Waals surface area contributed by atoms with Crippen molar-refractivity contribution < 1.29 is 4.74 Å². The Balaban J connectivity index is 1.67. The molecule has 0 atom stereocenters. The molecule has 1 aliphatic rings. The Hall–Kier alpha value is -1.23. The van der Waals surface area contributed by atoms with Crippen LogP contribution in [0.1, 0.15) is 12.8 Å². The van der Waals surface area contributed by atoms with Crippen molar-refractivity contribution in [3.8, 4) is 17.0 Å². The Morgan fingerprint density at radius 1 is 1.24 bits per heavy atom. The number of ether oxygens (including phenoxy) is 1. The minimum atomic E-state index is 0.239. The summed E-state index contributed by atoms with van der Waals surface area (Å²) in [6, 6.07) is 8.00. The number of methoxy groups -OCH3 is 1. The van der Waals surface area contributed by atoms with Crippen molar-refractivity contribution in [1.82, 2.24) is 4.98 Å². The Morgan fingerprint density at radius 3 is 2.71 bits per heavy atom. The molecule has 0 amide bonds. The van der Waals surface area contributed by atoms with Crippen LogP contribution in [0.25, 0.3) is 11.3 Å². The van der Waals surface area contributed by atoms with Gasteiger partial charge in [0.25, 0.3) is 0 Å². The number of thioether (sulfide) groups is 1. The van der Waals surface area contributed by atoms with Gasteiger partial charge in [-0.3, -0.25) is 0 Å². The molecule has 4 nitrogen and oxygen atoms in total. The molecule has 6 heteroatoms. The third-order valence-corrected chi connectivity index (χ3v) is 5.82. The summed E-state index contributed by atoms with van der Waals surface area (Å²) in [5, 5.41) is 4.51. The Labute approximate surface area is 134 Å². The van der Waals surface area contributed by atoms with Crippen LogP contribution in [0.2, 0.25) is 0 Å². The van der Waals surface area contributed by atoms with Gasteiger partial charge >= 0.3 is 135 Å². The van der Waals surface area contributed by atoms with Gasteiger partial charge in [0, 0.05) is 0 Å². The predicted molar refractivity (Wildman–Crippen MR) is 90.8 cm³/mol. The van der Waals surface area contributed by atoms with Crippen molar-refractivity contribution >= 4 is 36.7 Å². The van der Waals surface area contributed by atoms with Crippen LogP contribution >= 0.6 is 11.8 Å². The van der Waals surface area contributed by atoms with Crippen molar-refractivity contribution in [2.24, 2.45) is 5.10 Å². The zero-order valence-electron chi connectivity index (χ0n) is 11.8. The van der Waals surface area contributed by atoms with E-state index in [-0.39, 0.29) is 14.5 Å². The molecule has 0 aliphatic carbocycles. The van der Waals surface area contributed by atoms with Crippen LogP contribution in [0.15, 0.2) is 34.3 Å². The zero-order chi connectivity index (χ0) is 14.5. The molecule has 0 radical (unpaired) electrons. The van der Waals surface area contributed by atoms with Crippen LogP contribution < -0.4 is 10.2 Å². The number of rotatable bonds is 4. The summed E-state index contributed by atoms with van der Waals surface area (Å²) in [6.45, 7) is 0. The van der Waals surface area contributed by atoms with Gasteiger partial charge in [-0.15, -0.1) is 0 Å². The second-order valence-corrected chi connectivity index (χ2v) is 7.69. The summed E-state index contributed by atoms with van der Waals surface area (Å²) in [5.41, 5.74) is 6.57. The number of hydrogen-bond acceptors (Lipinski definition) is 5. The Morgan fingerprint density at radius 2 is 2.00 bits per heavy atom. The van der Waals surface area contributed by atoms with Crippen LogP contribution in [-0.2, 0) is 0 Å². The second-order valence-electron chi connectivity index (χ2n) is 4.67. The molecule has 1 N–H and O–H groups in total. The first kappa shape index (κ1) is 14.7. The van der Waals surface area contributed by atoms with E-state index in [1.54, 1.807) is 7.11 Å². The van der Waals surface area contributed by atoms with Crippen molar-refractivity contribution in [2.45, 2.75) is 12.8 Å².